The molecule has 9 nitrogen and oxygen atoms in total. The SMILES string of the molecule is CCCCCCOc1ccc(/C=N/NC(=O)CSc2n[nH]c(=O)[nH]c2=O)cc1. The molecule has 0 aliphatic heterocycles. The van der Waals surface area contributed by atoms with Crippen LogP contribution in [0, 0.1) is 0 Å². The zero-order valence-corrected chi connectivity index (χ0v) is 16.4. The number of rotatable bonds is 11. The number of ether oxygens (including phenoxy) is 1. The molecule has 0 spiro atoms. The van der Waals surface area contributed by atoms with E-state index < -0.39 is 17.2 Å². The van der Waals surface area contributed by atoms with Crippen LogP contribution in [0.2, 0.25) is 0 Å². The van der Waals surface area contributed by atoms with Crippen molar-refractivity contribution in [3.05, 3.63) is 50.7 Å². The van der Waals surface area contributed by atoms with Gasteiger partial charge in [0.25, 0.3) is 5.56 Å². The van der Waals surface area contributed by atoms with Gasteiger partial charge in [0.2, 0.25) is 5.91 Å². The maximum Gasteiger partial charge on any atom is 0.342 e. The van der Waals surface area contributed by atoms with Gasteiger partial charge < -0.3 is 4.74 Å². The smallest absolute Gasteiger partial charge is 0.342 e. The largest absolute Gasteiger partial charge is 0.494 e. The van der Waals surface area contributed by atoms with Crippen LogP contribution < -0.4 is 21.4 Å². The molecule has 0 bridgehead atoms. The Hall–Kier alpha value is -2.88. The predicted molar refractivity (Wildman–Crippen MR) is 108 cm³/mol. The van der Waals surface area contributed by atoms with Gasteiger partial charge in [0.1, 0.15) is 5.75 Å². The summed E-state index contributed by atoms with van der Waals surface area (Å²) in [5, 5.41) is 9.55. The Balaban J connectivity index is 1.72. The highest BCUT2D eigenvalue weighted by Gasteiger charge is 2.07. The number of hydrogen-bond acceptors (Lipinski definition) is 7. The first-order chi connectivity index (χ1) is 13.6. The molecule has 0 saturated carbocycles. The number of carbonyl (C=O) groups excluding carboxylic acids is 1. The summed E-state index contributed by atoms with van der Waals surface area (Å²) < 4.78 is 5.67. The second-order valence-corrected chi connectivity index (χ2v) is 6.84. The lowest BCUT2D eigenvalue weighted by Crippen LogP contribution is -2.26. The lowest BCUT2D eigenvalue weighted by Gasteiger charge is -2.05. The van der Waals surface area contributed by atoms with Crippen molar-refractivity contribution in [1.29, 1.82) is 0 Å². The Morgan fingerprint density at radius 1 is 1.25 bits per heavy atom. The average Bonchev–Trinajstić information content (AvgIpc) is 2.68. The van der Waals surface area contributed by atoms with Gasteiger partial charge in [-0.05, 0) is 36.2 Å². The van der Waals surface area contributed by atoms with Crippen molar-refractivity contribution in [2.75, 3.05) is 12.4 Å². The van der Waals surface area contributed by atoms with E-state index in [1.54, 1.807) is 0 Å². The highest BCUT2D eigenvalue weighted by Crippen LogP contribution is 2.12. The number of hydrazone groups is 1. The Bertz CT molecular complexity index is 892. The fraction of sp³-hybridized carbons (Fsp3) is 0.389. The van der Waals surface area contributed by atoms with Crippen LogP contribution in [0.15, 0.2) is 44.0 Å². The van der Waals surface area contributed by atoms with Crippen molar-refractivity contribution in [3.63, 3.8) is 0 Å². The number of hydrogen-bond donors (Lipinski definition) is 3. The fourth-order valence-electron chi connectivity index (χ4n) is 2.15. The lowest BCUT2D eigenvalue weighted by molar-refractivity contribution is -0.118. The van der Waals surface area contributed by atoms with Crippen LogP contribution in [0.1, 0.15) is 38.2 Å². The number of benzene rings is 1. The summed E-state index contributed by atoms with van der Waals surface area (Å²) in [6.07, 6.45) is 6.15. The first kappa shape index (κ1) is 21.4. The zero-order chi connectivity index (χ0) is 20.2. The summed E-state index contributed by atoms with van der Waals surface area (Å²) in [4.78, 5) is 36.1. The molecule has 1 amide bonds. The number of amides is 1. The van der Waals surface area contributed by atoms with Crippen LogP contribution in [0.25, 0.3) is 0 Å². The van der Waals surface area contributed by atoms with Gasteiger partial charge in [-0.3, -0.25) is 14.6 Å². The maximum absolute atomic E-state index is 11.8. The summed E-state index contributed by atoms with van der Waals surface area (Å²) in [5.41, 5.74) is 1.84. The van der Waals surface area contributed by atoms with Crippen molar-refractivity contribution >= 4 is 23.9 Å². The Morgan fingerprint density at radius 3 is 2.75 bits per heavy atom. The van der Waals surface area contributed by atoms with E-state index in [-0.39, 0.29) is 10.8 Å². The van der Waals surface area contributed by atoms with E-state index >= 15 is 0 Å². The van der Waals surface area contributed by atoms with Crippen molar-refractivity contribution in [1.82, 2.24) is 20.6 Å². The fourth-order valence-corrected chi connectivity index (χ4v) is 2.77. The van der Waals surface area contributed by atoms with Gasteiger partial charge >= 0.3 is 5.69 Å². The molecular weight excluding hydrogens is 382 g/mol. The van der Waals surface area contributed by atoms with Gasteiger partial charge in [0.15, 0.2) is 5.03 Å². The third-order valence-electron chi connectivity index (χ3n) is 3.57. The number of nitrogens with zero attached hydrogens (tertiary/aromatic N) is 2. The quantitative estimate of drug-likeness (QED) is 0.226. The monoisotopic (exact) mass is 405 g/mol. The first-order valence-corrected chi connectivity index (χ1v) is 9.93. The lowest BCUT2D eigenvalue weighted by atomic mass is 10.2. The van der Waals surface area contributed by atoms with Gasteiger partial charge in [-0.2, -0.15) is 10.2 Å². The molecule has 0 atom stereocenters. The molecule has 0 unspecified atom stereocenters. The van der Waals surface area contributed by atoms with Crippen molar-refractivity contribution < 1.29 is 9.53 Å². The molecule has 10 heteroatoms. The van der Waals surface area contributed by atoms with Gasteiger partial charge in [-0.1, -0.05) is 37.9 Å². The molecule has 150 valence electrons. The normalized spacial score (nSPS) is 10.9. The molecule has 3 N–H and O–H groups in total. The van der Waals surface area contributed by atoms with E-state index in [1.807, 2.05) is 29.2 Å². The molecule has 1 heterocycles. The molecule has 0 radical (unpaired) electrons. The van der Waals surface area contributed by atoms with Gasteiger partial charge in [0.05, 0.1) is 18.6 Å². The van der Waals surface area contributed by atoms with Crippen molar-refractivity contribution in [2.45, 2.75) is 37.6 Å². The average molecular weight is 405 g/mol. The van der Waals surface area contributed by atoms with Crippen LogP contribution >= 0.6 is 11.8 Å². The molecule has 1 aromatic carbocycles. The molecule has 2 rings (SSSR count). The molecule has 2 aromatic rings. The highest BCUT2D eigenvalue weighted by molar-refractivity contribution is 7.99. The first-order valence-electron chi connectivity index (χ1n) is 8.95. The second kappa shape index (κ2) is 11.8. The standard InChI is InChI=1S/C18H23N5O4S/c1-2-3-4-5-10-27-14-8-6-13(7-9-14)11-19-21-15(24)12-28-17-16(25)20-18(26)23-22-17/h6-9,11H,2-5,10,12H2,1H3,(H,21,24)(H2,20,23,25,26)/b19-11+. The summed E-state index contributed by atoms with van der Waals surface area (Å²) in [6, 6.07) is 7.39. The Kier molecular flexibility index (Phi) is 8.99. The minimum absolute atomic E-state index is 0.00372. The minimum Gasteiger partial charge on any atom is -0.494 e. The third-order valence-corrected chi connectivity index (χ3v) is 4.53. The zero-order valence-electron chi connectivity index (χ0n) is 15.6. The number of unbranched alkanes of at least 4 members (excludes halogenated alkanes) is 3. The van der Waals surface area contributed by atoms with E-state index in [0.29, 0.717) is 6.61 Å². The highest BCUT2D eigenvalue weighted by atomic mass is 32.2. The van der Waals surface area contributed by atoms with Crippen LogP contribution in [-0.2, 0) is 4.79 Å². The number of aromatic amines is 2. The van der Waals surface area contributed by atoms with Gasteiger partial charge in [-0.15, -0.1) is 0 Å². The van der Waals surface area contributed by atoms with E-state index in [1.165, 1.54) is 25.5 Å². The van der Waals surface area contributed by atoms with Gasteiger partial charge in [0, 0.05) is 0 Å². The number of H-pyrrole nitrogens is 2. The number of thioether (sulfide) groups is 1. The number of nitrogens with one attached hydrogen (secondary N) is 3. The summed E-state index contributed by atoms with van der Waals surface area (Å²) in [6.45, 7) is 2.88. The van der Waals surface area contributed by atoms with E-state index in [2.05, 4.69) is 27.6 Å². The summed E-state index contributed by atoms with van der Waals surface area (Å²) in [7, 11) is 0. The van der Waals surface area contributed by atoms with Gasteiger partial charge in [-0.25, -0.2) is 15.3 Å². The van der Waals surface area contributed by atoms with Crippen LogP contribution in [0.5, 0.6) is 5.75 Å². The molecular formula is C18H23N5O4S. The number of aromatic nitrogens is 3. The molecule has 1 aromatic heterocycles. The van der Waals surface area contributed by atoms with Crippen molar-refractivity contribution in [2.24, 2.45) is 5.10 Å². The van der Waals surface area contributed by atoms with E-state index in [0.717, 1.165) is 29.5 Å². The molecule has 28 heavy (non-hydrogen) atoms. The number of carbonyl (C=O) groups is 1. The Morgan fingerprint density at radius 2 is 2.04 bits per heavy atom. The minimum atomic E-state index is -0.698. The molecule has 0 aliphatic rings. The molecule has 0 aliphatic carbocycles. The van der Waals surface area contributed by atoms with Crippen LogP contribution in [0.4, 0.5) is 0 Å². The van der Waals surface area contributed by atoms with E-state index in [4.69, 9.17) is 4.74 Å². The van der Waals surface area contributed by atoms with Crippen LogP contribution in [-0.4, -0.2) is 39.7 Å². The third kappa shape index (κ3) is 7.78. The maximum atomic E-state index is 11.8. The van der Waals surface area contributed by atoms with Crippen LogP contribution in [0.3, 0.4) is 0 Å². The Labute approximate surface area is 166 Å². The predicted octanol–water partition coefficient (Wildman–Crippen LogP) is 1.66. The van der Waals surface area contributed by atoms with E-state index in [9.17, 15) is 14.4 Å². The second-order valence-electron chi connectivity index (χ2n) is 5.87. The summed E-state index contributed by atoms with van der Waals surface area (Å²) in [5.74, 6) is 0.331. The summed E-state index contributed by atoms with van der Waals surface area (Å²) >= 11 is 0.897. The van der Waals surface area contributed by atoms with Crippen molar-refractivity contribution in [3.8, 4) is 5.75 Å². The molecule has 0 fully saturated rings. The topological polar surface area (TPSA) is 129 Å². The molecule has 0 saturated heterocycles.